The Morgan fingerprint density at radius 1 is 1.22 bits per heavy atom. The Morgan fingerprint density at radius 3 is 2.72 bits per heavy atom. The molecule has 1 amide bonds. The molecular formula is C25H34ClN3O3. The lowest BCUT2D eigenvalue weighted by Crippen LogP contribution is -2.37. The van der Waals surface area contributed by atoms with Crippen molar-refractivity contribution >= 4 is 23.2 Å². The summed E-state index contributed by atoms with van der Waals surface area (Å²) in [4.78, 5) is 17.5. The lowest BCUT2D eigenvalue weighted by molar-refractivity contribution is -0.0671. The molecule has 0 spiro atoms. The zero-order valence-corrected chi connectivity index (χ0v) is 19.8. The molecule has 0 saturated carbocycles. The normalized spacial score (nSPS) is 17.3. The Hall–Kier alpha value is -2.12. The molecule has 174 valence electrons. The minimum atomic E-state index is -0.0708. The maximum Gasteiger partial charge on any atom is 0.253 e. The lowest BCUT2D eigenvalue weighted by Gasteiger charge is -2.34. The van der Waals surface area contributed by atoms with E-state index >= 15 is 0 Å². The van der Waals surface area contributed by atoms with E-state index in [1.165, 1.54) is 5.56 Å². The molecule has 1 fully saturated rings. The van der Waals surface area contributed by atoms with E-state index in [9.17, 15) is 4.79 Å². The first-order chi connectivity index (χ1) is 15.6. The van der Waals surface area contributed by atoms with Crippen molar-refractivity contribution in [2.24, 2.45) is 0 Å². The zero-order valence-electron chi connectivity index (χ0n) is 19.0. The van der Waals surface area contributed by atoms with E-state index in [4.69, 9.17) is 21.1 Å². The quantitative estimate of drug-likeness (QED) is 0.296. The first kappa shape index (κ1) is 24.5. The number of rotatable bonds is 12. The molecule has 7 heteroatoms. The number of halogens is 1. The maximum atomic E-state index is 12.9. The van der Waals surface area contributed by atoms with E-state index < -0.39 is 0 Å². The number of anilines is 1. The van der Waals surface area contributed by atoms with Gasteiger partial charge < -0.3 is 19.7 Å². The highest BCUT2D eigenvalue weighted by molar-refractivity contribution is 6.17. The van der Waals surface area contributed by atoms with Crippen LogP contribution in [0.4, 0.5) is 5.69 Å². The first-order valence-corrected chi connectivity index (χ1v) is 11.7. The number of methoxy groups -OCH3 is 1. The number of hydrogen-bond donors (Lipinski definition) is 1. The summed E-state index contributed by atoms with van der Waals surface area (Å²) in [6, 6.07) is 18.3. The van der Waals surface area contributed by atoms with Crippen LogP contribution in [0.3, 0.4) is 0 Å². The number of benzene rings is 2. The molecule has 0 radical (unpaired) electrons. The summed E-state index contributed by atoms with van der Waals surface area (Å²) < 4.78 is 10.8. The Balaban J connectivity index is 1.80. The third-order valence-electron chi connectivity index (χ3n) is 5.86. The molecule has 3 rings (SSSR count). The predicted octanol–water partition coefficient (Wildman–Crippen LogP) is 3.92. The van der Waals surface area contributed by atoms with Gasteiger partial charge in [0.05, 0.1) is 17.7 Å². The molecule has 1 heterocycles. The van der Waals surface area contributed by atoms with Gasteiger partial charge in [-0.15, -0.1) is 11.6 Å². The van der Waals surface area contributed by atoms with Gasteiger partial charge in [-0.25, -0.2) is 0 Å². The lowest BCUT2D eigenvalue weighted by atomic mass is 10.0. The molecule has 6 nitrogen and oxygen atoms in total. The van der Waals surface area contributed by atoms with E-state index in [1.54, 1.807) is 7.11 Å². The van der Waals surface area contributed by atoms with Gasteiger partial charge in [-0.3, -0.25) is 9.69 Å². The SMILES string of the molecule is COCO[C@H]1CCN(C[C@H](c2ccccc2)N(C)c2ccccc2C(=O)NCCCCl)C1. The van der Waals surface area contributed by atoms with Crippen molar-refractivity contribution in [1.82, 2.24) is 10.2 Å². The van der Waals surface area contributed by atoms with Crippen molar-refractivity contribution in [3.63, 3.8) is 0 Å². The molecule has 1 N–H and O–H groups in total. The van der Waals surface area contributed by atoms with Crippen LogP contribution in [0.1, 0.15) is 34.8 Å². The number of likely N-dealkylation sites (tertiary alicyclic amines) is 1. The van der Waals surface area contributed by atoms with Gasteiger partial charge in [0.1, 0.15) is 6.79 Å². The molecule has 2 aromatic rings. The van der Waals surface area contributed by atoms with Crippen molar-refractivity contribution in [3.8, 4) is 0 Å². The molecule has 2 aromatic carbocycles. The fourth-order valence-corrected chi connectivity index (χ4v) is 4.27. The largest absolute Gasteiger partial charge is 0.366 e. The van der Waals surface area contributed by atoms with Gasteiger partial charge in [-0.2, -0.15) is 0 Å². The van der Waals surface area contributed by atoms with Crippen LogP contribution < -0.4 is 10.2 Å². The number of carbonyl (C=O) groups excluding carboxylic acids is 1. The van der Waals surface area contributed by atoms with Crippen molar-refractivity contribution in [2.45, 2.75) is 25.0 Å². The average molecular weight is 460 g/mol. The van der Waals surface area contributed by atoms with Crippen LogP contribution in [-0.2, 0) is 9.47 Å². The fourth-order valence-electron chi connectivity index (χ4n) is 4.14. The Labute approximate surface area is 196 Å². The van der Waals surface area contributed by atoms with Gasteiger partial charge in [-0.1, -0.05) is 42.5 Å². The van der Waals surface area contributed by atoms with Gasteiger partial charge in [0, 0.05) is 51.9 Å². The number of amides is 1. The van der Waals surface area contributed by atoms with Gasteiger partial charge in [0.2, 0.25) is 0 Å². The number of nitrogens with zero attached hydrogens (tertiary/aromatic N) is 2. The van der Waals surface area contributed by atoms with Crippen LogP contribution >= 0.6 is 11.6 Å². The van der Waals surface area contributed by atoms with E-state index in [-0.39, 0.29) is 18.1 Å². The smallest absolute Gasteiger partial charge is 0.253 e. The predicted molar refractivity (Wildman–Crippen MR) is 130 cm³/mol. The molecule has 1 saturated heterocycles. The molecule has 0 unspecified atom stereocenters. The molecule has 1 aliphatic rings. The molecular weight excluding hydrogens is 426 g/mol. The fraction of sp³-hybridized carbons (Fsp3) is 0.480. The van der Waals surface area contributed by atoms with Crippen molar-refractivity contribution in [2.75, 3.05) is 57.9 Å². The second-order valence-corrected chi connectivity index (χ2v) is 8.47. The zero-order chi connectivity index (χ0) is 22.8. The summed E-state index contributed by atoms with van der Waals surface area (Å²) in [6.07, 6.45) is 1.93. The van der Waals surface area contributed by atoms with E-state index in [2.05, 4.69) is 46.4 Å². The van der Waals surface area contributed by atoms with Crippen molar-refractivity contribution < 1.29 is 14.3 Å². The monoisotopic (exact) mass is 459 g/mol. The summed E-state index contributed by atoms with van der Waals surface area (Å²) in [6.45, 7) is 3.59. The highest BCUT2D eigenvalue weighted by atomic mass is 35.5. The standard InChI is InChI=1S/C25H34ClN3O3/c1-28(23-12-7-6-11-22(23)25(30)27-15-8-14-26)24(20-9-4-3-5-10-20)18-29-16-13-21(17-29)32-19-31-2/h3-7,9-12,21,24H,8,13-19H2,1-2H3,(H,27,30)/t21-,24+/m0/s1. The maximum absolute atomic E-state index is 12.9. The summed E-state index contributed by atoms with van der Waals surface area (Å²) in [5, 5.41) is 2.98. The number of hydrogen-bond acceptors (Lipinski definition) is 5. The Bertz CT molecular complexity index is 836. The van der Waals surface area contributed by atoms with Crippen LogP contribution in [0.5, 0.6) is 0 Å². The van der Waals surface area contributed by atoms with Gasteiger partial charge >= 0.3 is 0 Å². The van der Waals surface area contributed by atoms with Crippen LogP contribution in [-0.4, -0.2) is 69.9 Å². The third-order valence-corrected chi connectivity index (χ3v) is 6.13. The summed E-state index contributed by atoms with van der Waals surface area (Å²) in [7, 11) is 3.72. The van der Waals surface area contributed by atoms with Crippen molar-refractivity contribution in [1.29, 1.82) is 0 Å². The molecule has 1 aliphatic heterocycles. The molecule has 0 aliphatic carbocycles. The van der Waals surface area contributed by atoms with Crippen LogP contribution in [0.15, 0.2) is 54.6 Å². The molecule has 2 atom stereocenters. The van der Waals surface area contributed by atoms with Gasteiger partial charge in [0.15, 0.2) is 0 Å². The van der Waals surface area contributed by atoms with Crippen LogP contribution in [0.2, 0.25) is 0 Å². The number of carbonyl (C=O) groups is 1. The van der Waals surface area contributed by atoms with Crippen LogP contribution in [0.25, 0.3) is 0 Å². The molecule has 0 bridgehead atoms. The topological polar surface area (TPSA) is 54.0 Å². The van der Waals surface area contributed by atoms with Crippen molar-refractivity contribution in [3.05, 3.63) is 65.7 Å². The third kappa shape index (κ3) is 6.69. The van der Waals surface area contributed by atoms with Gasteiger partial charge in [0.25, 0.3) is 5.91 Å². The second-order valence-electron chi connectivity index (χ2n) is 8.10. The molecule has 32 heavy (non-hydrogen) atoms. The minimum absolute atomic E-state index is 0.0708. The number of alkyl halides is 1. The number of likely N-dealkylation sites (N-methyl/N-ethyl adjacent to an activating group) is 1. The highest BCUT2D eigenvalue weighted by Gasteiger charge is 2.29. The number of ether oxygens (including phenoxy) is 2. The summed E-state index contributed by atoms with van der Waals surface area (Å²) in [5.74, 6) is 0.460. The highest BCUT2D eigenvalue weighted by Crippen LogP contribution is 2.30. The molecule has 0 aromatic heterocycles. The first-order valence-electron chi connectivity index (χ1n) is 11.2. The number of nitrogens with one attached hydrogen (secondary N) is 1. The average Bonchev–Trinajstić information content (AvgIpc) is 3.29. The summed E-state index contributed by atoms with van der Waals surface area (Å²) in [5.41, 5.74) is 2.80. The van der Waals surface area contributed by atoms with Crippen LogP contribution in [0, 0.1) is 0 Å². The van der Waals surface area contributed by atoms with E-state index in [0.717, 1.165) is 38.2 Å². The Morgan fingerprint density at radius 2 is 1.97 bits per heavy atom. The van der Waals surface area contributed by atoms with E-state index in [1.807, 2.05) is 30.3 Å². The van der Waals surface area contributed by atoms with E-state index in [0.29, 0.717) is 24.8 Å². The second kappa shape index (κ2) is 12.8. The van der Waals surface area contributed by atoms with Gasteiger partial charge in [-0.05, 0) is 30.5 Å². The summed E-state index contributed by atoms with van der Waals surface area (Å²) >= 11 is 5.76. The Kier molecular flexibility index (Phi) is 9.81. The number of para-hydroxylation sites is 1. The minimum Gasteiger partial charge on any atom is -0.366 e.